The summed E-state index contributed by atoms with van der Waals surface area (Å²) in [5.41, 5.74) is 1.31. The van der Waals surface area contributed by atoms with E-state index in [9.17, 15) is 9.59 Å². The molecule has 0 aliphatic carbocycles. The van der Waals surface area contributed by atoms with E-state index in [-0.39, 0.29) is 18.0 Å². The Hall–Kier alpha value is -2.37. The normalized spacial score (nSPS) is 10.9. The van der Waals surface area contributed by atoms with Crippen molar-refractivity contribution in [3.05, 3.63) is 74.3 Å². The summed E-state index contributed by atoms with van der Waals surface area (Å²) in [4.78, 5) is 29.2. The average Bonchev–Trinajstić information content (AvgIpc) is 2.60. The Morgan fingerprint density at radius 2 is 1.96 bits per heavy atom. The highest BCUT2D eigenvalue weighted by molar-refractivity contribution is 6.35. The SMILES string of the molecule is Cc1nc2ccccc2c(=O)n1CC(=O)NCCc1ccc(Cl)cc1Cl. The summed E-state index contributed by atoms with van der Waals surface area (Å²) in [5.74, 6) is 0.252. The predicted octanol–water partition coefficient (Wildman–Crippen LogP) is 3.37. The predicted molar refractivity (Wildman–Crippen MR) is 104 cm³/mol. The van der Waals surface area contributed by atoms with Crippen molar-refractivity contribution in [3.8, 4) is 0 Å². The highest BCUT2D eigenvalue weighted by Gasteiger charge is 2.11. The first-order valence-electron chi connectivity index (χ1n) is 8.12. The van der Waals surface area contributed by atoms with Crippen molar-refractivity contribution in [1.82, 2.24) is 14.9 Å². The van der Waals surface area contributed by atoms with E-state index >= 15 is 0 Å². The van der Waals surface area contributed by atoms with E-state index in [1.54, 1.807) is 37.3 Å². The van der Waals surface area contributed by atoms with E-state index in [1.165, 1.54) is 4.57 Å². The number of nitrogens with zero attached hydrogens (tertiary/aromatic N) is 2. The van der Waals surface area contributed by atoms with E-state index in [1.807, 2.05) is 12.1 Å². The third kappa shape index (κ3) is 4.06. The molecule has 1 amide bonds. The number of fused-ring (bicyclic) bond motifs is 1. The molecule has 0 radical (unpaired) electrons. The second-order valence-corrected chi connectivity index (χ2v) is 6.75. The Morgan fingerprint density at radius 1 is 1.19 bits per heavy atom. The van der Waals surface area contributed by atoms with Gasteiger partial charge in [-0.3, -0.25) is 14.2 Å². The number of hydrogen-bond acceptors (Lipinski definition) is 3. The smallest absolute Gasteiger partial charge is 0.261 e. The van der Waals surface area contributed by atoms with Crippen LogP contribution in [-0.4, -0.2) is 22.0 Å². The van der Waals surface area contributed by atoms with E-state index in [0.717, 1.165) is 5.56 Å². The first kappa shape index (κ1) is 18.4. The summed E-state index contributed by atoms with van der Waals surface area (Å²) >= 11 is 12.0. The van der Waals surface area contributed by atoms with Gasteiger partial charge in [-0.25, -0.2) is 4.98 Å². The van der Waals surface area contributed by atoms with Crippen molar-refractivity contribution in [3.63, 3.8) is 0 Å². The number of para-hydroxylation sites is 1. The molecule has 0 fully saturated rings. The van der Waals surface area contributed by atoms with Crippen molar-refractivity contribution < 1.29 is 4.79 Å². The second kappa shape index (κ2) is 7.89. The number of amides is 1. The molecule has 0 saturated heterocycles. The van der Waals surface area contributed by atoms with Crippen molar-refractivity contribution in [2.24, 2.45) is 0 Å². The Bertz CT molecular complexity index is 1030. The van der Waals surface area contributed by atoms with Crippen LogP contribution in [0.25, 0.3) is 10.9 Å². The van der Waals surface area contributed by atoms with Crippen molar-refractivity contribution in [2.45, 2.75) is 19.9 Å². The first-order chi connectivity index (χ1) is 12.5. The molecule has 3 aromatic rings. The molecule has 26 heavy (non-hydrogen) atoms. The summed E-state index contributed by atoms with van der Waals surface area (Å²) in [6.45, 7) is 2.06. The fraction of sp³-hybridized carbons (Fsp3) is 0.211. The third-order valence-corrected chi connectivity index (χ3v) is 4.67. The van der Waals surface area contributed by atoms with Gasteiger partial charge in [0.15, 0.2) is 0 Å². The summed E-state index contributed by atoms with van der Waals surface area (Å²) in [6.07, 6.45) is 0.575. The number of halogens is 2. The van der Waals surface area contributed by atoms with E-state index in [4.69, 9.17) is 23.2 Å². The maximum absolute atomic E-state index is 12.6. The molecule has 0 bridgehead atoms. The average molecular weight is 390 g/mol. The fourth-order valence-electron chi connectivity index (χ4n) is 2.73. The number of carbonyl (C=O) groups is 1. The molecule has 3 rings (SSSR count). The zero-order chi connectivity index (χ0) is 18.7. The number of rotatable bonds is 5. The van der Waals surface area contributed by atoms with Crippen LogP contribution in [0.5, 0.6) is 0 Å². The first-order valence-corrected chi connectivity index (χ1v) is 8.88. The van der Waals surface area contributed by atoms with Gasteiger partial charge in [0.2, 0.25) is 5.91 Å². The molecular formula is C19H17Cl2N3O2. The number of nitrogens with one attached hydrogen (secondary N) is 1. The maximum atomic E-state index is 12.6. The molecule has 0 aliphatic rings. The molecule has 1 aromatic heterocycles. The van der Waals surface area contributed by atoms with Crippen LogP contribution in [0, 0.1) is 6.92 Å². The molecular weight excluding hydrogens is 373 g/mol. The summed E-state index contributed by atoms with van der Waals surface area (Å²) in [7, 11) is 0. The summed E-state index contributed by atoms with van der Waals surface area (Å²) in [6, 6.07) is 12.4. The molecule has 0 aliphatic heterocycles. The lowest BCUT2D eigenvalue weighted by atomic mass is 10.1. The number of aryl methyl sites for hydroxylation is 1. The van der Waals surface area contributed by atoms with Crippen LogP contribution in [-0.2, 0) is 17.8 Å². The van der Waals surface area contributed by atoms with Gasteiger partial charge in [0.1, 0.15) is 12.4 Å². The number of aromatic nitrogens is 2. The Balaban J connectivity index is 1.67. The minimum absolute atomic E-state index is 0.0726. The van der Waals surface area contributed by atoms with Crippen LogP contribution in [0.3, 0.4) is 0 Å². The number of carbonyl (C=O) groups excluding carboxylic acids is 1. The molecule has 1 N–H and O–H groups in total. The van der Waals surface area contributed by atoms with Gasteiger partial charge >= 0.3 is 0 Å². The quantitative estimate of drug-likeness (QED) is 0.727. The molecule has 1 heterocycles. The number of hydrogen-bond donors (Lipinski definition) is 1. The Labute approximate surface area is 160 Å². The van der Waals surface area contributed by atoms with Gasteiger partial charge in [-0.2, -0.15) is 0 Å². The lowest BCUT2D eigenvalue weighted by molar-refractivity contribution is -0.121. The molecule has 0 spiro atoms. The molecule has 2 aromatic carbocycles. The van der Waals surface area contributed by atoms with Gasteiger partial charge in [0.05, 0.1) is 10.9 Å². The summed E-state index contributed by atoms with van der Waals surface area (Å²) < 4.78 is 1.38. The van der Waals surface area contributed by atoms with Crippen LogP contribution in [0.4, 0.5) is 0 Å². The maximum Gasteiger partial charge on any atom is 0.261 e. The molecule has 0 unspecified atom stereocenters. The lowest BCUT2D eigenvalue weighted by Crippen LogP contribution is -2.34. The van der Waals surface area contributed by atoms with Crippen molar-refractivity contribution in [2.75, 3.05) is 6.54 Å². The van der Waals surface area contributed by atoms with Crippen LogP contribution >= 0.6 is 23.2 Å². The van der Waals surface area contributed by atoms with Crippen LogP contribution in [0.15, 0.2) is 47.3 Å². The van der Waals surface area contributed by atoms with Crippen LogP contribution in [0.1, 0.15) is 11.4 Å². The highest BCUT2D eigenvalue weighted by Crippen LogP contribution is 2.21. The largest absolute Gasteiger partial charge is 0.354 e. The van der Waals surface area contributed by atoms with Crippen LogP contribution in [0.2, 0.25) is 10.0 Å². The second-order valence-electron chi connectivity index (χ2n) is 5.90. The van der Waals surface area contributed by atoms with E-state index in [0.29, 0.717) is 39.7 Å². The van der Waals surface area contributed by atoms with E-state index in [2.05, 4.69) is 10.3 Å². The monoisotopic (exact) mass is 389 g/mol. The van der Waals surface area contributed by atoms with Crippen LogP contribution < -0.4 is 10.9 Å². The Kier molecular flexibility index (Phi) is 5.59. The lowest BCUT2D eigenvalue weighted by Gasteiger charge is -2.11. The van der Waals surface area contributed by atoms with E-state index < -0.39 is 0 Å². The number of benzene rings is 2. The van der Waals surface area contributed by atoms with Gasteiger partial charge in [-0.1, -0.05) is 41.4 Å². The molecule has 0 saturated carbocycles. The standard InChI is InChI=1S/C19H17Cl2N3O2/c1-12-23-17-5-3-2-4-15(17)19(26)24(12)11-18(25)22-9-8-13-6-7-14(20)10-16(13)21/h2-7,10H,8-9,11H2,1H3,(H,22,25). The topological polar surface area (TPSA) is 64.0 Å². The fourth-order valence-corrected chi connectivity index (χ4v) is 3.23. The Morgan fingerprint density at radius 3 is 2.73 bits per heavy atom. The zero-order valence-corrected chi connectivity index (χ0v) is 15.6. The van der Waals surface area contributed by atoms with Gasteiger partial charge in [-0.15, -0.1) is 0 Å². The van der Waals surface area contributed by atoms with Gasteiger partial charge in [-0.05, 0) is 43.2 Å². The minimum Gasteiger partial charge on any atom is -0.354 e. The summed E-state index contributed by atoms with van der Waals surface area (Å²) in [5, 5.41) is 4.44. The van der Waals surface area contributed by atoms with Gasteiger partial charge < -0.3 is 5.32 Å². The van der Waals surface area contributed by atoms with Crippen molar-refractivity contribution in [1.29, 1.82) is 0 Å². The molecule has 7 heteroatoms. The molecule has 5 nitrogen and oxygen atoms in total. The molecule has 0 atom stereocenters. The zero-order valence-electron chi connectivity index (χ0n) is 14.1. The molecule has 134 valence electrons. The van der Waals surface area contributed by atoms with Gasteiger partial charge in [0, 0.05) is 16.6 Å². The highest BCUT2D eigenvalue weighted by atomic mass is 35.5. The third-order valence-electron chi connectivity index (χ3n) is 4.09. The minimum atomic E-state index is -0.252. The van der Waals surface area contributed by atoms with Gasteiger partial charge in [0.25, 0.3) is 5.56 Å². The van der Waals surface area contributed by atoms with Crippen molar-refractivity contribution >= 4 is 40.0 Å².